The van der Waals surface area contributed by atoms with Gasteiger partial charge in [-0.05, 0) is 24.3 Å². The van der Waals surface area contributed by atoms with Gasteiger partial charge in [-0.25, -0.2) is 13.1 Å². The minimum atomic E-state index is -3.36. The molecule has 7 heteroatoms. The van der Waals surface area contributed by atoms with Gasteiger partial charge in [-0.3, -0.25) is 0 Å². The van der Waals surface area contributed by atoms with Crippen molar-refractivity contribution < 1.29 is 8.42 Å². The lowest BCUT2D eigenvalue weighted by Crippen LogP contribution is -2.36. The largest absolute Gasteiger partial charge is 0.389 e. The highest BCUT2D eigenvalue weighted by molar-refractivity contribution is 7.98. The van der Waals surface area contributed by atoms with Gasteiger partial charge in [0.05, 0.1) is 5.75 Å². The van der Waals surface area contributed by atoms with E-state index in [1.54, 1.807) is 36.0 Å². The molecule has 0 aromatic heterocycles. The Morgan fingerprint density at radius 1 is 1.50 bits per heavy atom. The third-order valence-electron chi connectivity index (χ3n) is 2.78. The molecule has 4 nitrogen and oxygen atoms in total. The minimum absolute atomic E-state index is 0.0335. The summed E-state index contributed by atoms with van der Waals surface area (Å²) in [7, 11) is -3.36. The van der Waals surface area contributed by atoms with E-state index in [9.17, 15) is 8.42 Å². The molecule has 0 bridgehead atoms. The first-order valence-electron chi connectivity index (χ1n) is 6.25. The molecule has 0 saturated carbocycles. The van der Waals surface area contributed by atoms with Gasteiger partial charge in [0, 0.05) is 17.4 Å². The Bertz CT molecular complexity index is 558. The molecule has 0 aliphatic heterocycles. The summed E-state index contributed by atoms with van der Waals surface area (Å²) in [5, 5.41) is 0. The van der Waals surface area contributed by atoms with Crippen LogP contribution in [0.25, 0.3) is 0 Å². The molecule has 1 rings (SSSR count). The van der Waals surface area contributed by atoms with Crippen molar-refractivity contribution in [2.75, 3.05) is 12.0 Å². The van der Waals surface area contributed by atoms with Crippen LogP contribution in [0.1, 0.15) is 24.5 Å². The van der Waals surface area contributed by atoms with Gasteiger partial charge in [-0.2, -0.15) is 11.8 Å². The third-order valence-corrected chi connectivity index (χ3v) is 5.15. The Morgan fingerprint density at radius 2 is 2.20 bits per heavy atom. The van der Waals surface area contributed by atoms with Gasteiger partial charge >= 0.3 is 0 Å². The van der Waals surface area contributed by atoms with E-state index in [0.717, 1.165) is 12.2 Å². The maximum atomic E-state index is 12.1. The van der Waals surface area contributed by atoms with Crippen LogP contribution in [0.5, 0.6) is 0 Å². The minimum Gasteiger partial charge on any atom is -0.389 e. The molecule has 1 aromatic rings. The van der Waals surface area contributed by atoms with Gasteiger partial charge in [-0.1, -0.05) is 37.3 Å². The summed E-state index contributed by atoms with van der Waals surface area (Å²) in [6.45, 7) is 1.97. The van der Waals surface area contributed by atoms with Crippen molar-refractivity contribution in [3.63, 3.8) is 0 Å². The van der Waals surface area contributed by atoms with Crippen LogP contribution in [0.3, 0.4) is 0 Å². The average Bonchev–Trinajstić information content (AvgIpc) is 2.37. The number of nitrogens with one attached hydrogen (secondary N) is 1. The highest BCUT2D eigenvalue weighted by atomic mass is 32.2. The number of hydrogen-bond donors (Lipinski definition) is 2. The van der Waals surface area contributed by atoms with Crippen molar-refractivity contribution >= 4 is 39.0 Å². The monoisotopic (exact) mass is 332 g/mol. The fourth-order valence-electron chi connectivity index (χ4n) is 1.77. The first-order chi connectivity index (χ1) is 9.38. The molecule has 1 unspecified atom stereocenters. The Labute approximate surface area is 130 Å². The molecule has 0 radical (unpaired) electrons. The molecular weight excluding hydrogens is 312 g/mol. The second kappa shape index (κ2) is 7.97. The van der Waals surface area contributed by atoms with Crippen LogP contribution < -0.4 is 10.5 Å². The summed E-state index contributed by atoms with van der Waals surface area (Å²) in [5.41, 5.74) is 6.92. The Hall–Kier alpha value is -0.630. The van der Waals surface area contributed by atoms with E-state index in [4.69, 9.17) is 18.0 Å². The normalized spacial score (nSPS) is 13.1. The summed E-state index contributed by atoms with van der Waals surface area (Å²) >= 11 is 6.52. The van der Waals surface area contributed by atoms with E-state index in [0.29, 0.717) is 11.1 Å². The zero-order chi connectivity index (χ0) is 15.2. The van der Waals surface area contributed by atoms with Crippen molar-refractivity contribution in [1.82, 2.24) is 4.72 Å². The first-order valence-corrected chi connectivity index (χ1v) is 9.71. The molecule has 0 heterocycles. The average molecular weight is 333 g/mol. The predicted molar refractivity (Wildman–Crippen MR) is 90.5 cm³/mol. The fraction of sp³-hybridized carbons (Fsp3) is 0.462. The summed E-state index contributed by atoms with van der Waals surface area (Å²) < 4.78 is 27.0. The van der Waals surface area contributed by atoms with Crippen molar-refractivity contribution in [2.45, 2.75) is 25.1 Å². The summed E-state index contributed by atoms with van der Waals surface area (Å²) in [6.07, 6.45) is 2.73. The van der Waals surface area contributed by atoms with Crippen LogP contribution in [0.15, 0.2) is 24.3 Å². The Balaban J connectivity index is 2.80. The van der Waals surface area contributed by atoms with E-state index in [1.807, 2.05) is 13.2 Å². The molecule has 20 heavy (non-hydrogen) atoms. The molecule has 1 aromatic carbocycles. The van der Waals surface area contributed by atoms with E-state index < -0.39 is 10.0 Å². The summed E-state index contributed by atoms with van der Waals surface area (Å²) in [5.74, 6) is 0.705. The predicted octanol–water partition coefficient (Wildman–Crippen LogP) is 1.88. The van der Waals surface area contributed by atoms with Gasteiger partial charge < -0.3 is 5.73 Å². The first kappa shape index (κ1) is 17.4. The highest BCUT2D eigenvalue weighted by Gasteiger charge is 2.17. The van der Waals surface area contributed by atoms with E-state index in [2.05, 4.69) is 4.72 Å². The van der Waals surface area contributed by atoms with Crippen molar-refractivity contribution in [3.8, 4) is 0 Å². The zero-order valence-corrected chi connectivity index (χ0v) is 14.1. The Morgan fingerprint density at radius 3 is 2.75 bits per heavy atom. The molecule has 1 atom stereocenters. The van der Waals surface area contributed by atoms with Gasteiger partial charge in [0.25, 0.3) is 0 Å². The maximum absolute atomic E-state index is 12.1. The summed E-state index contributed by atoms with van der Waals surface area (Å²) in [4.78, 5) is 0.269. The van der Waals surface area contributed by atoms with Crippen LogP contribution in [-0.4, -0.2) is 31.5 Å². The van der Waals surface area contributed by atoms with Crippen LogP contribution in [0.2, 0.25) is 0 Å². The third kappa shape index (κ3) is 5.78. The second-order valence-corrected chi connectivity index (χ2v) is 7.61. The molecule has 0 spiro atoms. The lowest BCUT2D eigenvalue weighted by molar-refractivity contribution is 0.557. The topological polar surface area (TPSA) is 72.2 Å². The quantitative estimate of drug-likeness (QED) is 0.711. The van der Waals surface area contributed by atoms with Crippen molar-refractivity contribution in [3.05, 3.63) is 35.4 Å². The Kier molecular flexibility index (Phi) is 6.94. The molecule has 0 aliphatic rings. The van der Waals surface area contributed by atoms with Gasteiger partial charge in [0.2, 0.25) is 10.0 Å². The lowest BCUT2D eigenvalue weighted by atomic mass is 10.1. The van der Waals surface area contributed by atoms with Crippen LogP contribution in [0, 0.1) is 0 Å². The number of rotatable bonds is 8. The SMILES string of the molecule is CCC(CSC)NS(=O)(=O)Cc1cccc(C(N)=S)c1. The number of thioether (sulfide) groups is 1. The number of sulfonamides is 1. The van der Waals surface area contributed by atoms with E-state index >= 15 is 0 Å². The smallest absolute Gasteiger partial charge is 0.216 e. The molecule has 0 aliphatic carbocycles. The second-order valence-electron chi connectivity index (χ2n) is 4.50. The maximum Gasteiger partial charge on any atom is 0.216 e. The molecule has 112 valence electrons. The fourth-order valence-corrected chi connectivity index (χ4v) is 4.18. The standard InChI is InChI=1S/C13H20N2O2S3/c1-3-12(8-19-2)15-20(16,17)9-10-5-4-6-11(7-10)13(14)18/h4-7,12,15H,3,8-9H2,1-2H3,(H2,14,18). The van der Waals surface area contributed by atoms with Gasteiger partial charge in [0.1, 0.15) is 4.99 Å². The van der Waals surface area contributed by atoms with Gasteiger partial charge in [0.15, 0.2) is 0 Å². The molecule has 0 saturated heterocycles. The van der Waals surface area contributed by atoms with E-state index in [1.165, 1.54) is 0 Å². The number of hydrogen-bond acceptors (Lipinski definition) is 4. The highest BCUT2D eigenvalue weighted by Crippen LogP contribution is 2.10. The van der Waals surface area contributed by atoms with Crippen LogP contribution >= 0.6 is 24.0 Å². The molecular formula is C13H20N2O2S3. The number of nitrogens with two attached hydrogens (primary N) is 1. The molecule has 0 fully saturated rings. The molecule has 0 amide bonds. The van der Waals surface area contributed by atoms with Crippen LogP contribution in [0.4, 0.5) is 0 Å². The van der Waals surface area contributed by atoms with Crippen LogP contribution in [-0.2, 0) is 15.8 Å². The van der Waals surface area contributed by atoms with Crippen molar-refractivity contribution in [2.24, 2.45) is 5.73 Å². The van der Waals surface area contributed by atoms with Crippen molar-refractivity contribution in [1.29, 1.82) is 0 Å². The zero-order valence-electron chi connectivity index (χ0n) is 11.6. The lowest BCUT2D eigenvalue weighted by Gasteiger charge is -2.16. The molecule has 3 N–H and O–H groups in total. The number of thiocarbonyl (C=S) groups is 1. The van der Waals surface area contributed by atoms with Gasteiger partial charge in [-0.15, -0.1) is 0 Å². The number of benzene rings is 1. The summed E-state index contributed by atoms with van der Waals surface area (Å²) in [6, 6.07) is 6.98. The van der Waals surface area contributed by atoms with E-state index in [-0.39, 0.29) is 16.8 Å².